The monoisotopic (exact) mass is 262 g/mol. The standard InChI is InChI=1S/C8H6O10/c9-3-1(7(13)17-15)2(8(14)18-16)4(10)6(12)5(3)11/h9-12,15-16H. The van der Waals surface area contributed by atoms with Crippen molar-refractivity contribution in [2.75, 3.05) is 0 Å². The second-order valence-corrected chi connectivity index (χ2v) is 2.90. The molecule has 6 N–H and O–H groups in total. The van der Waals surface area contributed by atoms with Crippen molar-refractivity contribution in [2.45, 2.75) is 0 Å². The molecule has 1 rings (SSSR count). The van der Waals surface area contributed by atoms with Crippen molar-refractivity contribution >= 4 is 11.9 Å². The molecule has 98 valence electrons. The van der Waals surface area contributed by atoms with Crippen LogP contribution >= 0.6 is 0 Å². The maximum Gasteiger partial charge on any atom is 0.377 e. The molecule has 0 aliphatic heterocycles. The zero-order valence-corrected chi connectivity index (χ0v) is 8.32. The lowest BCUT2D eigenvalue weighted by Crippen LogP contribution is -2.13. The van der Waals surface area contributed by atoms with Crippen molar-refractivity contribution in [1.82, 2.24) is 0 Å². The van der Waals surface area contributed by atoms with Gasteiger partial charge < -0.3 is 20.4 Å². The Hall–Kier alpha value is -2.72. The molecule has 10 nitrogen and oxygen atoms in total. The number of carbonyl (C=O) groups is 2. The second-order valence-electron chi connectivity index (χ2n) is 2.90. The third-order valence-corrected chi connectivity index (χ3v) is 1.97. The zero-order chi connectivity index (χ0) is 14.0. The molecule has 0 amide bonds. The van der Waals surface area contributed by atoms with Crippen molar-refractivity contribution in [2.24, 2.45) is 0 Å². The molecule has 0 saturated carbocycles. The lowest BCUT2D eigenvalue weighted by atomic mass is 10.0. The van der Waals surface area contributed by atoms with Gasteiger partial charge in [-0.25, -0.2) is 9.59 Å². The molecule has 0 unspecified atom stereocenters. The molecule has 10 heteroatoms. The van der Waals surface area contributed by atoms with E-state index in [1.165, 1.54) is 0 Å². The highest BCUT2D eigenvalue weighted by atomic mass is 17.1. The summed E-state index contributed by atoms with van der Waals surface area (Å²) in [6, 6.07) is 0. The minimum absolute atomic E-state index is 1.22. The Balaban J connectivity index is 3.75. The third-order valence-electron chi connectivity index (χ3n) is 1.97. The number of benzene rings is 1. The van der Waals surface area contributed by atoms with Gasteiger partial charge in [0.1, 0.15) is 11.1 Å². The van der Waals surface area contributed by atoms with Crippen LogP contribution in [0.3, 0.4) is 0 Å². The van der Waals surface area contributed by atoms with Gasteiger partial charge in [0.15, 0.2) is 11.5 Å². The molecule has 0 atom stereocenters. The van der Waals surface area contributed by atoms with E-state index in [-0.39, 0.29) is 0 Å². The zero-order valence-electron chi connectivity index (χ0n) is 8.32. The summed E-state index contributed by atoms with van der Waals surface area (Å²) in [5.74, 6) is -8.93. The topological polar surface area (TPSA) is 174 Å². The minimum atomic E-state index is -1.75. The highest BCUT2D eigenvalue weighted by molar-refractivity contribution is 6.08. The number of hydrogen-bond acceptors (Lipinski definition) is 10. The molecule has 0 saturated heterocycles. The predicted molar refractivity (Wildman–Crippen MR) is 49.2 cm³/mol. The van der Waals surface area contributed by atoms with Gasteiger partial charge in [0, 0.05) is 0 Å². The van der Waals surface area contributed by atoms with E-state index in [0.29, 0.717) is 0 Å². The Labute approximate surface area is 97.3 Å². The molecule has 0 aliphatic rings. The van der Waals surface area contributed by atoms with E-state index >= 15 is 0 Å². The summed E-state index contributed by atoms with van der Waals surface area (Å²) < 4.78 is 0. The van der Waals surface area contributed by atoms with E-state index in [9.17, 15) is 19.8 Å². The first kappa shape index (κ1) is 13.3. The number of rotatable bonds is 2. The molecule has 0 heterocycles. The lowest BCUT2D eigenvalue weighted by Gasteiger charge is -2.11. The maximum atomic E-state index is 11.1. The fourth-order valence-corrected chi connectivity index (χ4v) is 1.19. The van der Waals surface area contributed by atoms with Crippen LogP contribution in [-0.2, 0) is 9.78 Å². The van der Waals surface area contributed by atoms with E-state index in [4.69, 9.17) is 20.7 Å². The first-order valence-electron chi connectivity index (χ1n) is 4.08. The molecular weight excluding hydrogens is 256 g/mol. The largest absolute Gasteiger partial charge is 0.504 e. The van der Waals surface area contributed by atoms with Crippen LogP contribution in [0.1, 0.15) is 20.7 Å². The van der Waals surface area contributed by atoms with Crippen molar-refractivity contribution in [3.63, 3.8) is 0 Å². The van der Waals surface area contributed by atoms with Gasteiger partial charge in [-0.2, -0.15) is 10.5 Å². The van der Waals surface area contributed by atoms with Crippen molar-refractivity contribution < 1.29 is 50.3 Å². The first-order valence-corrected chi connectivity index (χ1v) is 4.08. The van der Waals surface area contributed by atoms with Crippen LogP contribution < -0.4 is 0 Å². The molecule has 0 aliphatic carbocycles. The van der Waals surface area contributed by atoms with Gasteiger partial charge in [0.2, 0.25) is 11.5 Å². The Morgan fingerprint density at radius 3 is 1.17 bits per heavy atom. The molecule has 0 radical (unpaired) electrons. The molecule has 1 aromatic carbocycles. The average Bonchev–Trinajstić information content (AvgIpc) is 2.38. The highest BCUT2D eigenvalue weighted by Crippen LogP contribution is 2.47. The number of phenolic OH excluding ortho intramolecular Hbond substituents is 4. The van der Waals surface area contributed by atoms with Crippen LogP contribution in [0.25, 0.3) is 0 Å². The first-order chi connectivity index (χ1) is 8.36. The highest BCUT2D eigenvalue weighted by Gasteiger charge is 2.33. The molecular formula is C8H6O10. The molecule has 0 fully saturated rings. The van der Waals surface area contributed by atoms with Crippen molar-refractivity contribution in [1.29, 1.82) is 0 Å². The van der Waals surface area contributed by atoms with Gasteiger partial charge in [-0.3, -0.25) is 9.78 Å². The van der Waals surface area contributed by atoms with Crippen molar-refractivity contribution in [3.8, 4) is 23.0 Å². The number of hydrogen-bond donors (Lipinski definition) is 6. The maximum absolute atomic E-state index is 11.1. The SMILES string of the molecule is O=C(OO)c1c(O)c(O)c(O)c(O)c1C(=O)OO. The summed E-state index contributed by atoms with van der Waals surface area (Å²) in [6.07, 6.45) is 0. The summed E-state index contributed by atoms with van der Waals surface area (Å²) in [4.78, 5) is 28.6. The molecule has 18 heavy (non-hydrogen) atoms. The summed E-state index contributed by atoms with van der Waals surface area (Å²) in [6.45, 7) is 0. The van der Waals surface area contributed by atoms with Crippen LogP contribution in [0.2, 0.25) is 0 Å². The van der Waals surface area contributed by atoms with Gasteiger partial charge in [-0.15, -0.1) is 0 Å². The van der Waals surface area contributed by atoms with E-state index in [1.54, 1.807) is 0 Å². The van der Waals surface area contributed by atoms with Crippen LogP contribution in [0, 0.1) is 0 Å². The quantitative estimate of drug-likeness (QED) is 0.181. The summed E-state index contributed by atoms with van der Waals surface area (Å²) >= 11 is 0. The summed E-state index contributed by atoms with van der Waals surface area (Å²) in [5.41, 5.74) is -2.44. The lowest BCUT2D eigenvalue weighted by molar-refractivity contribution is -0.185. The Kier molecular flexibility index (Phi) is 3.45. The second kappa shape index (κ2) is 4.65. The van der Waals surface area contributed by atoms with Gasteiger partial charge in [-0.05, 0) is 0 Å². The third kappa shape index (κ3) is 1.81. The molecule has 0 aromatic heterocycles. The normalized spacial score (nSPS) is 9.89. The van der Waals surface area contributed by atoms with Crippen LogP contribution in [-0.4, -0.2) is 42.9 Å². The van der Waals surface area contributed by atoms with Gasteiger partial charge in [-0.1, -0.05) is 0 Å². The predicted octanol–water partition coefficient (Wildman–Crippen LogP) is -0.231. The Bertz CT molecular complexity index is 472. The number of phenols is 4. The Morgan fingerprint density at radius 2 is 0.944 bits per heavy atom. The number of carbonyl (C=O) groups excluding carboxylic acids is 2. The fraction of sp³-hybridized carbons (Fsp3) is 0. The van der Waals surface area contributed by atoms with E-state index in [2.05, 4.69) is 9.78 Å². The molecule has 0 spiro atoms. The van der Waals surface area contributed by atoms with Crippen LogP contribution in [0.5, 0.6) is 23.0 Å². The van der Waals surface area contributed by atoms with Gasteiger partial charge >= 0.3 is 11.9 Å². The van der Waals surface area contributed by atoms with Gasteiger partial charge in [0.25, 0.3) is 0 Å². The smallest absolute Gasteiger partial charge is 0.377 e. The fourth-order valence-electron chi connectivity index (χ4n) is 1.19. The van der Waals surface area contributed by atoms with Crippen molar-refractivity contribution in [3.05, 3.63) is 11.1 Å². The van der Waals surface area contributed by atoms with E-state index < -0.39 is 46.1 Å². The molecule has 1 aromatic rings. The minimum Gasteiger partial charge on any atom is -0.504 e. The summed E-state index contributed by atoms with van der Waals surface area (Å²) in [7, 11) is 0. The van der Waals surface area contributed by atoms with E-state index in [1.807, 2.05) is 0 Å². The Morgan fingerprint density at radius 1 is 0.667 bits per heavy atom. The van der Waals surface area contributed by atoms with Crippen LogP contribution in [0.15, 0.2) is 0 Å². The van der Waals surface area contributed by atoms with Gasteiger partial charge in [0.05, 0.1) is 0 Å². The molecule has 0 bridgehead atoms. The van der Waals surface area contributed by atoms with Crippen LogP contribution in [0.4, 0.5) is 0 Å². The summed E-state index contributed by atoms with van der Waals surface area (Å²) in [5, 5.41) is 53.2. The number of aromatic hydroxyl groups is 4. The average molecular weight is 262 g/mol. The van der Waals surface area contributed by atoms with E-state index in [0.717, 1.165) is 0 Å².